The first-order valence-corrected chi connectivity index (χ1v) is 6.55. The molecular weight excluding hydrogens is 276 g/mol. The van der Waals surface area contributed by atoms with E-state index in [0.29, 0.717) is 24.2 Å². The summed E-state index contributed by atoms with van der Waals surface area (Å²) in [5.74, 6) is -1.12. The number of aliphatic carboxylic acids is 1. The van der Waals surface area contributed by atoms with E-state index in [0.717, 1.165) is 0 Å². The Hall–Kier alpha value is -2.48. The number of aromatic nitrogens is 3. The molecule has 8 nitrogen and oxygen atoms in total. The van der Waals surface area contributed by atoms with Gasteiger partial charge in [-0.3, -0.25) is 14.6 Å². The Morgan fingerprint density at radius 3 is 3.10 bits per heavy atom. The zero-order valence-corrected chi connectivity index (χ0v) is 11.2. The van der Waals surface area contributed by atoms with Gasteiger partial charge in [0.25, 0.3) is 5.91 Å². The van der Waals surface area contributed by atoms with Crippen molar-refractivity contribution in [2.24, 2.45) is 0 Å². The van der Waals surface area contributed by atoms with Gasteiger partial charge in [0.15, 0.2) is 0 Å². The number of ether oxygens (including phenoxy) is 1. The summed E-state index contributed by atoms with van der Waals surface area (Å²) < 4.78 is 6.94. The molecule has 0 bridgehead atoms. The maximum absolute atomic E-state index is 12.5. The largest absolute Gasteiger partial charge is 0.481 e. The Balaban J connectivity index is 1.80. The summed E-state index contributed by atoms with van der Waals surface area (Å²) in [6, 6.07) is 0. The first-order valence-electron chi connectivity index (χ1n) is 6.55. The highest BCUT2D eigenvalue weighted by Gasteiger charge is 2.28. The highest BCUT2D eigenvalue weighted by molar-refractivity contribution is 6.00. The van der Waals surface area contributed by atoms with Gasteiger partial charge in [-0.15, -0.1) is 0 Å². The molecule has 1 amide bonds. The van der Waals surface area contributed by atoms with Crippen LogP contribution in [0.4, 0.5) is 0 Å². The fourth-order valence-corrected chi connectivity index (χ4v) is 2.39. The van der Waals surface area contributed by atoms with Crippen LogP contribution in [0, 0.1) is 0 Å². The van der Waals surface area contributed by atoms with E-state index in [2.05, 4.69) is 10.1 Å². The van der Waals surface area contributed by atoms with Gasteiger partial charge in [-0.2, -0.15) is 5.10 Å². The minimum Gasteiger partial charge on any atom is -0.481 e. The predicted molar refractivity (Wildman–Crippen MR) is 70.9 cm³/mol. The molecule has 21 heavy (non-hydrogen) atoms. The molecule has 0 radical (unpaired) electrons. The molecule has 2 aromatic heterocycles. The number of hydrogen-bond donors (Lipinski definition) is 1. The van der Waals surface area contributed by atoms with Gasteiger partial charge in [0, 0.05) is 25.5 Å². The van der Waals surface area contributed by atoms with E-state index in [4.69, 9.17) is 9.84 Å². The Labute approximate surface area is 119 Å². The summed E-state index contributed by atoms with van der Waals surface area (Å²) in [6.07, 6.45) is 5.75. The topological polar surface area (TPSA) is 97.0 Å². The number of carbonyl (C=O) groups excluding carboxylic acids is 1. The number of rotatable bonds is 3. The lowest BCUT2D eigenvalue weighted by atomic mass is 10.1. The maximum Gasteiger partial charge on any atom is 0.306 e. The minimum atomic E-state index is -0.936. The molecule has 3 heterocycles. The summed E-state index contributed by atoms with van der Waals surface area (Å²) in [4.78, 5) is 28.9. The zero-order valence-electron chi connectivity index (χ0n) is 11.2. The fourth-order valence-electron chi connectivity index (χ4n) is 2.39. The van der Waals surface area contributed by atoms with Gasteiger partial charge in [-0.05, 0) is 0 Å². The van der Waals surface area contributed by atoms with Gasteiger partial charge in [-0.25, -0.2) is 4.52 Å². The van der Waals surface area contributed by atoms with E-state index < -0.39 is 12.1 Å². The molecule has 0 spiro atoms. The van der Waals surface area contributed by atoms with Gasteiger partial charge in [0.2, 0.25) is 0 Å². The van der Waals surface area contributed by atoms with Gasteiger partial charge in [0.05, 0.1) is 42.6 Å². The molecule has 0 aliphatic carbocycles. The van der Waals surface area contributed by atoms with Crippen LogP contribution < -0.4 is 0 Å². The van der Waals surface area contributed by atoms with Crippen molar-refractivity contribution in [1.82, 2.24) is 19.5 Å². The fraction of sp³-hybridized carbons (Fsp3) is 0.385. The van der Waals surface area contributed by atoms with E-state index >= 15 is 0 Å². The van der Waals surface area contributed by atoms with Crippen molar-refractivity contribution in [2.45, 2.75) is 12.5 Å². The average molecular weight is 290 g/mol. The number of carboxylic acids is 1. The third-order valence-electron chi connectivity index (χ3n) is 3.38. The van der Waals surface area contributed by atoms with Crippen LogP contribution in [0.5, 0.6) is 0 Å². The highest BCUT2D eigenvalue weighted by atomic mass is 16.5. The molecule has 0 aromatic carbocycles. The van der Waals surface area contributed by atoms with Crippen LogP contribution in [0.15, 0.2) is 24.8 Å². The second-order valence-electron chi connectivity index (χ2n) is 4.81. The number of carbonyl (C=O) groups is 2. The van der Waals surface area contributed by atoms with Crippen LogP contribution >= 0.6 is 0 Å². The second kappa shape index (κ2) is 5.49. The maximum atomic E-state index is 12.5. The van der Waals surface area contributed by atoms with Crippen LogP contribution in [0.3, 0.4) is 0 Å². The van der Waals surface area contributed by atoms with Crippen LogP contribution in [0.2, 0.25) is 0 Å². The molecule has 1 fully saturated rings. The van der Waals surface area contributed by atoms with Crippen molar-refractivity contribution in [3.63, 3.8) is 0 Å². The Bertz CT molecular complexity index is 684. The number of amides is 1. The van der Waals surface area contributed by atoms with Gasteiger partial charge in [-0.1, -0.05) is 0 Å². The molecule has 1 N–H and O–H groups in total. The number of carboxylic acid groups (broad SMARTS) is 1. The molecule has 2 aromatic rings. The molecule has 1 aliphatic heterocycles. The SMILES string of the molecule is O=C(O)CC1CN(C(=O)c2cnn3ccncc23)CCO1. The Morgan fingerprint density at radius 2 is 2.29 bits per heavy atom. The summed E-state index contributed by atoms with van der Waals surface area (Å²) in [6.45, 7) is 1.04. The number of fused-ring (bicyclic) bond motifs is 1. The van der Waals surface area contributed by atoms with Crippen molar-refractivity contribution in [1.29, 1.82) is 0 Å². The number of hydrogen-bond acceptors (Lipinski definition) is 5. The molecule has 0 saturated carbocycles. The van der Waals surface area contributed by atoms with E-state index in [1.165, 1.54) is 6.20 Å². The average Bonchev–Trinajstić information content (AvgIpc) is 2.90. The van der Waals surface area contributed by atoms with E-state index in [9.17, 15) is 9.59 Å². The van der Waals surface area contributed by atoms with Gasteiger partial charge in [0.1, 0.15) is 0 Å². The van der Waals surface area contributed by atoms with E-state index in [-0.39, 0.29) is 18.9 Å². The molecule has 8 heteroatoms. The molecule has 3 rings (SSSR count). The van der Waals surface area contributed by atoms with Gasteiger partial charge < -0.3 is 14.7 Å². The highest BCUT2D eigenvalue weighted by Crippen LogP contribution is 2.16. The smallest absolute Gasteiger partial charge is 0.306 e. The van der Waals surface area contributed by atoms with Crippen LogP contribution in [-0.4, -0.2) is 62.3 Å². The molecule has 1 saturated heterocycles. The minimum absolute atomic E-state index is 0.111. The van der Waals surface area contributed by atoms with Gasteiger partial charge >= 0.3 is 5.97 Å². The Kier molecular flexibility index (Phi) is 3.53. The monoisotopic (exact) mass is 290 g/mol. The van der Waals surface area contributed by atoms with Crippen molar-refractivity contribution in [3.05, 3.63) is 30.4 Å². The standard InChI is InChI=1S/C13H14N4O4/c18-12(19)5-9-8-16(3-4-21-9)13(20)10-6-15-17-2-1-14-7-11(10)17/h1-2,6-7,9H,3-5,8H2,(H,18,19). The number of nitrogens with zero attached hydrogens (tertiary/aromatic N) is 4. The second-order valence-corrected chi connectivity index (χ2v) is 4.81. The third-order valence-corrected chi connectivity index (χ3v) is 3.38. The zero-order chi connectivity index (χ0) is 14.8. The van der Waals surface area contributed by atoms with Crippen LogP contribution in [0.1, 0.15) is 16.8 Å². The normalized spacial score (nSPS) is 18.9. The van der Waals surface area contributed by atoms with Crippen LogP contribution in [-0.2, 0) is 9.53 Å². The molecule has 1 unspecified atom stereocenters. The van der Waals surface area contributed by atoms with Crippen molar-refractivity contribution < 1.29 is 19.4 Å². The third kappa shape index (κ3) is 2.70. The quantitative estimate of drug-likeness (QED) is 0.857. The summed E-state index contributed by atoms with van der Waals surface area (Å²) in [5.41, 5.74) is 1.09. The summed E-state index contributed by atoms with van der Waals surface area (Å²) in [7, 11) is 0. The van der Waals surface area contributed by atoms with E-state index in [1.807, 2.05) is 0 Å². The summed E-state index contributed by atoms with van der Waals surface area (Å²) in [5, 5.41) is 12.9. The molecule has 1 aliphatic rings. The lowest BCUT2D eigenvalue weighted by Crippen LogP contribution is -2.46. The first-order chi connectivity index (χ1) is 10.1. The van der Waals surface area contributed by atoms with Crippen LogP contribution in [0.25, 0.3) is 5.52 Å². The lowest BCUT2D eigenvalue weighted by Gasteiger charge is -2.32. The summed E-state index contributed by atoms with van der Waals surface area (Å²) >= 11 is 0. The van der Waals surface area contributed by atoms with E-state index in [1.54, 1.807) is 28.0 Å². The molecule has 110 valence electrons. The molecule has 1 atom stereocenters. The van der Waals surface area contributed by atoms with Crippen molar-refractivity contribution >= 4 is 17.4 Å². The number of morpholine rings is 1. The lowest BCUT2D eigenvalue weighted by molar-refractivity contribution is -0.141. The Morgan fingerprint density at radius 1 is 1.43 bits per heavy atom. The predicted octanol–water partition coefficient (Wildman–Crippen LogP) is 0.0450. The molecular formula is C13H14N4O4. The van der Waals surface area contributed by atoms with Crippen molar-refractivity contribution in [2.75, 3.05) is 19.7 Å². The van der Waals surface area contributed by atoms with Crippen molar-refractivity contribution in [3.8, 4) is 0 Å². The first kappa shape index (κ1) is 13.5.